The van der Waals surface area contributed by atoms with E-state index in [0.717, 1.165) is 0 Å². The van der Waals surface area contributed by atoms with Crippen LogP contribution in [0.5, 0.6) is 5.75 Å². The highest BCUT2D eigenvalue weighted by atomic mass is 35.5. The first kappa shape index (κ1) is 13.9. The number of methoxy groups -OCH3 is 1. The fraction of sp³-hybridized carbons (Fsp3) is 0.364. The fourth-order valence-corrected chi connectivity index (χ4v) is 1.98. The van der Waals surface area contributed by atoms with Crippen LogP contribution < -0.4 is 10.5 Å². The van der Waals surface area contributed by atoms with E-state index in [1.807, 2.05) is 6.92 Å². The summed E-state index contributed by atoms with van der Waals surface area (Å²) >= 11 is 11.9. The van der Waals surface area contributed by atoms with Crippen molar-refractivity contribution in [2.45, 2.75) is 13.3 Å². The molecule has 0 aliphatic carbocycles. The minimum Gasteiger partial charge on any atom is -0.494 e. The number of carbonyl (C=O) groups is 1. The second kappa shape index (κ2) is 5.98. The number of benzene rings is 1. The third-order valence-electron chi connectivity index (χ3n) is 2.05. The Bertz CT molecular complexity index is 435. The van der Waals surface area contributed by atoms with Crippen molar-refractivity contribution in [1.82, 2.24) is 0 Å². The number of nitrogen functional groups attached to an aromatic ring is 1. The molecule has 17 heavy (non-hydrogen) atoms. The van der Waals surface area contributed by atoms with Crippen molar-refractivity contribution in [3.05, 3.63) is 21.7 Å². The number of esters is 1. The first-order chi connectivity index (χ1) is 8.02. The summed E-state index contributed by atoms with van der Waals surface area (Å²) in [6.07, 6.45) is 0.716. The van der Waals surface area contributed by atoms with E-state index in [2.05, 4.69) is 0 Å². The maximum absolute atomic E-state index is 11.7. The maximum Gasteiger partial charge on any atom is 0.341 e. The molecule has 0 heterocycles. The summed E-state index contributed by atoms with van der Waals surface area (Å²) in [5, 5.41) is 0.320. The molecule has 0 saturated carbocycles. The molecule has 0 fully saturated rings. The molecule has 0 unspecified atom stereocenters. The lowest BCUT2D eigenvalue weighted by Crippen LogP contribution is -2.10. The fourth-order valence-electron chi connectivity index (χ4n) is 1.28. The average Bonchev–Trinajstić information content (AvgIpc) is 2.26. The van der Waals surface area contributed by atoms with E-state index in [0.29, 0.717) is 13.0 Å². The van der Waals surface area contributed by atoms with Crippen LogP contribution in [-0.2, 0) is 4.74 Å². The van der Waals surface area contributed by atoms with E-state index in [9.17, 15) is 4.79 Å². The third-order valence-corrected chi connectivity index (χ3v) is 2.69. The number of nitrogens with two attached hydrogens (primary N) is 1. The Morgan fingerprint density at radius 2 is 2.12 bits per heavy atom. The summed E-state index contributed by atoms with van der Waals surface area (Å²) in [7, 11) is 1.41. The van der Waals surface area contributed by atoms with Crippen LogP contribution in [0.3, 0.4) is 0 Å². The molecule has 0 saturated heterocycles. The monoisotopic (exact) mass is 277 g/mol. The van der Waals surface area contributed by atoms with Crippen LogP contribution in [0.15, 0.2) is 6.07 Å². The van der Waals surface area contributed by atoms with Crippen molar-refractivity contribution in [3.8, 4) is 5.75 Å². The third kappa shape index (κ3) is 2.96. The van der Waals surface area contributed by atoms with Gasteiger partial charge < -0.3 is 15.2 Å². The summed E-state index contributed by atoms with van der Waals surface area (Å²) in [4.78, 5) is 11.7. The van der Waals surface area contributed by atoms with Crippen LogP contribution in [0, 0.1) is 0 Å². The van der Waals surface area contributed by atoms with Crippen LogP contribution in [-0.4, -0.2) is 19.7 Å². The minimum atomic E-state index is -0.579. The average molecular weight is 278 g/mol. The Morgan fingerprint density at radius 1 is 1.47 bits per heavy atom. The van der Waals surface area contributed by atoms with Gasteiger partial charge in [-0.15, -0.1) is 0 Å². The molecule has 2 N–H and O–H groups in total. The number of anilines is 1. The largest absolute Gasteiger partial charge is 0.494 e. The lowest BCUT2D eigenvalue weighted by Gasteiger charge is -2.12. The molecule has 0 radical (unpaired) electrons. The standard InChI is InChI=1S/C11H13Cl2NO3/c1-3-4-17-11(15)8-7(14)5-6(12)10(16-2)9(8)13/h5H,3-4,14H2,1-2H3. The number of carbonyl (C=O) groups excluding carboxylic acids is 1. The number of hydrogen-bond acceptors (Lipinski definition) is 4. The zero-order chi connectivity index (χ0) is 13.0. The molecule has 6 heteroatoms. The van der Waals surface area contributed by atoms with Crippen LogP contribution in [0.4, 0.5) is 5.69 Å². The number of hydrogen-bond donors (Lipinski definition) is 1. The second-order valence-corrected chi connectivity index (χ2v) is 4.09. The Labute approximate surface area is 110 Å². The lowest BCUT2D eigenvalue weighted by atomic mass is 10.1. The SMILES string of the molecule is CCCOC(=O)c1c(N)cc(Cl)c(OC)c1Cl. The number of rotatable bonds is 4. The van der Waals surface area contributed by atoms with Crippen molar-refractivity contribution >= 4 is 34.9 Å². The molecular weight excluding hydrogens is 265 g/mol. The predicted octanol–water partition coefficient (Wildman–Crippen LogP) is 3.15. The van der Waals surface area contributed by atoms with Crippen LogP contribution in [0.25, 0.3) is 0 Å². The van der Waals surface area contributed by atoms with E-state index < -0.39 is 5.97 Å². The molecule has 4 nitrogen and oxygen atoms in total. The molecule has 1 aromatic carbocycles. The molecule has 0 bridgehead atoms. The van der Waals surface area contributed by atoms with Crippen molar-refractivity contribution < 1.29 is 14.3 Å². The molecule has 1 aromatic rings. The molecular formula is C11H13Cl2NO3. The van der Waals surface area contributed by atoms with Gasteiger partial charge in [0.25, 0.3) is 0 Å². The Balaban J connectivity index is 3.19. The van der Waals surface area contributed by atoms with Gasteiger partial charge in [0.2, 0.25) is 0 Å². The highest BCUT2D eigenvalue weighted by Gasteiger charge is 2.21. The zero-order valence-corrected chi connectivity index (χ0v) is 11.1. The highest BCUT2D eigenvalue weighted by Crippen LogP contribution is 2.39. The van der Waals surface area contributed by atoms with E-state index in [4.69, 9.17) is 38.4 Å². The molecule has 0 aliphatic rings. The first-order valence-electron chi connectivity index (χ1n) is 5.01. The molecule has 0 atom stereocenters. The summed E-state index contributed by atoms with van der Waals surface area (Å²) in [5.74, 6) is -0.365. The molecule has 1 rings (SSSR count). The topological polar surface area (TPSA) is 61.5 Å². The highest BCUT2D eigenvalue weighted by molar-refractivity contribution is 6.40. The normalized spacial score (nSPS) is 10.1. The van der Waals surface area contributed by atoms with Gasteiger partial charge in [0, 0.05) is 5.69 Å². The molecule has 0 amide bonds. The Morgan fingerprint density at radius 3 is 2.65 bits per heavy atom. The molecule has 0 aliphatic heterocycles. The summed E-state index contributed by atoms with van der Waals surface area (Å²) < 4.78 is 9.98. The first-order valence-corrected chi connectivity index (χ1v) is 5.77. The minimum absolute atomic E-state index is 0.0682. The van der Waals surface area contributed by atoms with E-state index in [1.165, 1.54) is 13.2 Å². The van der Waals surface area contributed by atoms with Crippen LogP contribution in [0.1, 0.15) is 23.7 Å². The molecule has 0 spiro atoms. The Hall–Kier alpha value is -1.13. The van der Waals surface area contributed by atoms with Crippen molar-refractivity contribution in [3.63, 3.8) is 0 Å². The van der Waals surface area contributed by atoms with Crippen LogP contribution >= 0.6 is 23.2 Å². The van der Waals surface area contributed by atoms with Gasteiger partial charge >= 0.3 is 5.97 Å². The van der Waals surface area contributed by atoms with Gasteiger partial charge in [0.15, 0.2) is 5.75 Å². The smallest absolute Gasteiger partial charge is 0.341 e. The number of ether oxygens (including phenoxy) is 2. The van der Waals surface area contributed by atoms with Crippen molar-refractivity contribution in [2.24, 2.45) is 0 Å². The van der Waals surface area contributed by atoms with Gasteiger partial charge in [-0.1, -0.05) is 30.1 Å². The Kier molecular flexibility index (Phi) is 4.90. The maximum atomic E-state index is 11.7. The van der Waals surface area contributed by atoms with E-state index >= 15 is 0 Å². The van der Waals surface area contributed by atoms with Gasteiger partial charge in [0.1, 0.15) is 10.6 Å². The lowest BCUT2D eigenvalue weighted by molar-refractivity contribution is 0.0506. The number of halogens is 2. The molecule has 0 aromatic heterocycles. The van der Waals surface area contributed by atoms with Gasteiger partial charge in [-0.3, -0.25) is 0 Å². The zero-order valence-electron chi connectivity index (χ0n) is 9.55. The second-order valence-electron chi connectivity index (χ2n) is 3.31. The van der Waals surface area contributed by atoms with Crippen molar-refractivity contribution in [1.29, 1.82) is 0 Å². The van der Waals surface area contributed by atoms with Crippen LogP contribution in [0.2, 0.25) is 10.0 Å². The van der Waals surface area contributed by atoms with Gasteiger partial charge in [-0.2, -0.15) is 0 Å². The predicted molar refractivity (Wildman–Crippen MR) is 68.0 cm³/mol. The molecule has 94 valence electrons. The van der Waals surface area contributed by atoms with E-state index in [-0.39, 0.29) is 27.0 Å². The quantitative estimate of drug-likeness (QED) is 0.678. The van der Waals surface area contributed by atoms with Gasteiger partial charge in [-0.05, 0) is 12.5 Å². The van der Waals surface area contributed by atoms with Crippen molar-refractivity contribution in [2.75, 3.05) is 19.5 Å². The van der Waals surface area contributed by atoms with Gasteiger partial charge in [-0.25, -0.2) is 4.79 Å². The summed E-state index contributed by atoms with van der Waals surface area (Å²) in [6.45, 7) is 2.19. The summed E-state index contributed by atoms with van der Waals surface area (Å²) in [5.41, 5.74) is 5.95. The summed E-state index contributed by atoms with van der Waals surface area (Å²) in [6, 6.07) is 1.41. The van der Waals surface area contributed by atoms with Gasteiger partial charge in [0.05, 0.1) is 18.7 Å². The van der Waals surface area contributed by atoms with E-state index in [1.54, 1.807) is 0 Å².